The highest BCUT2D eigenvalue weighted by atomic mass is 16.4. The van der Waals surface area contributed by atoms with E-state index < -0.39 is 5.97 Å². The first-order chi connectivity index (χ1) is 10.2. The summed E-state index contributed by atoms with van der Waals surface area (Å²) in [5.41, 5.74) is 4.20. The molecule has 0 amide bonds. The van der Waals surface area contributed by atoms with Crippen LogP contribution in [0.5, 0.6) is 0 Å². The van der Waals surface area contributed by atoms with Crippen molar-refractivity contribution in [3.05, 3.63) is 71.4 Å². The van der Waals surface area contributed by atoms with E-state index in [0.29, 0.717) is 11.5 Å². The molecule has 3 heteroatoms. The Balaban J connectivity index is 1.74. The van der Waals surface area contributed by atoms with Crippen molar-refractivity contribution < 1.29 is 9.90 Å². The number of hydrogen-bond donors (Lipinski definition) is 1. The number of carboxylic acid groups (broad SMARTS) is 1. The van der Waals surface area contributed by atoms with Crippen molar-refractivity contribution in [3.8, 4) is 0 Å². The summed E-state index contributed by atoms with van der Waals surface area (Å²) >= 11 is 0. The maximum Gasteiger partial charge on any atom is 0.337 e. The van der Waals surface area contributed by atoms with Gasteiger partial charge in [-0.05, 0) is 23.6 Å². The SMILES string of the molecule is O=C(O)c1cn(CC2Cc3ccccc32)c2ccccc12. The van der Waals surface area contributed by atoms with Crippen LogP contribution < -0.4 is 0 Å². The zero-order valence-electron chi connectivity index (χ0n) is 11.5. The van der Waals surface area contributed by atoms with Gasteiger partial charge in [0.05, 0.1) is 5.56 Å². The summed E-state index contributed by atoms with van der Waals surface area (Å²) in [5, 5.41) is 10.2. The van der Waals surface area contributed by atoms with E-state index in [1.165, 1.54) is 11.1 Å². The largest absolute Gasteiger partial charge is 0.478 e. The molecule has 0 saturated carbocycles. The Morgan fingerprint density at radius 3 is 2.71 bits per heavy atom. The molecule has 2 aromatic carbocycles. The quantitative estimate of drug-likeness (QED) is 0.793. The minimum absolute atomic E-state index is 0.387. The standard InChI is InChI=1S/C18H15NO2/c20-18(21)16-11-19(17-8-4-3-7-15(16)17)10-13-9-12-5-1-2-6-14(12)13/h1-8,11,13H,9-10H2,(H,20,21). The predicted molar refractivity (Wildman–Crippen MR) is 81.8 cm³/mol. The monoisotopic (exact) mass is 277 g/mol. The Morgan fingerprint density at radius 2 is 1.90 bits per heavy atom. The summed E-state index contributed by atoms with van der Waals surface area (Å²) < 4.78 is 2.08. The maximum absolute atomic E-state index is 11.4. The minimum atomic E-state index is -0.862. The van der Waals surface area contributed by atoms with Gasteiger partial charge in [0.25, 0.3) is 0 Å². The molecule has 0 bridgehead atoms. The second-order valence-electron chi connectivity index (χ2n) is 5.62. The molecule has 1 heterocycles. The summed E-state index contributed by atoms with van der Waals surface area (Å²) in [6.45, 7) is 0.838. The Labute approximate surface area is 122 Å². The van der Waals surface area contributed by atoms with Crippen LogP contribution in [0.25, 0.3) is 10.9 Å². The average Bonchev–Trinajstić information content (AvgIpc) is 2.84. The molecule has 1 aliphatic rings. The number of rotatable bonds is 3. The van der Waals surface area contributed by atoms with Gasteiger partial charge in [-0.25, -0.2) is 4.79 Å². The molecule has 1 atom stereocenters. The molecule has 4 rings (SSSR count). The van der Waals surface area contributed by atoms with Crippen LogP contribution >= 0.6 is 0 Å². The molecule has 1 aliphatic carbocycles. The second kappa shape index (κ2) is 4.48. The van der Waals surface area contributed by atoms with Crippen molar-refractivity contribution >= 4 is 16.9 Å². The number of para-hydroxylation sites is 1. The van der Waals surface area contributed by atoms with Crippen LogP contribution in [0, 0.1) is 0 Å². The lowest BCUT2D eigenvalue weighted by Gasteiger charge is -2.30. The Kier molecular flexibility index (Phi) is 2.61. The highest BCUT2D eigenvalue weighted by Crippen LogP contribution is 2.37. The Hall–Kier alpha value is -2.55. The van der Waals surface area contributed by atoms with Crippen molar-refractivity contribution in [1.29, 1.82) is 0 Å². The Bertz CT molecular complexity index is 847. The molecule has 0 aliphatic heterocycles. The smallest absolute Gasteiger partial charge is 0.337 e. The predicted octanol–water partition coefficient (Wildman–Crippen LogP) is 3.68. The highest BCUT2D eigenvalue weighted by molar-refractivity contribution is 6.03. The number of nitrogens with zero attached hydrogens (tertiary/aromatic N) is 1. The van der Waals surface area contributed by atoms with Crippen molar-refractivity contribution in [2.45, 2.75) is 18.9 Å². The fourth-order valence-electron chi connectivity index (χ4n) is 3.33. The second-order valence-corrected chi connectivity index (χ2v) is 5.62. The van der Waals surface area contributed by atoms with Gasteiger partial charge in [-0.1, -0.05) is 42.5 Å². The van der Waals surface area contributed by atoms with Crippen LogP contribution in [0.15, 0.2) is 54.7 Å². The first-order valence-electron chi connectivity index (χ1n) is 7.13. The summed E-state index contributed by atoms with van der Waals surface area (Å²) in [4.78, 5) is 11.4. The van der Waals surface area contributed by atoms with Crippen molar-refractivity contribution in [2.24, 2.45) is 0 Å². The van der Waals surface area contributed by atoms with Crippen LogP contribution in [-0.4, -0.2) is 15.6 Å². The average molecular weight is 277 g/mol. The number of carboxylic acids is 1. The zero-order chi connectivity index (χ0) is 14.4. The topological polar surface area (TPSA) is 42.2 Å². The zero-order valence-corrected chi connectivity index (χ0v) is 11.5. The van der Waals surface area contributed by atoms with E-state index in [-0.39, 0.29) is 0 Å². The van der Waals surface area contributed by atoms with Gasteiger partial charge in [0, 0.05) is 29.6 Å². The molecule has 1 unspecified atom stereocenters. The normalized spacial score (nSPS) is 16.5. The molecule has 1 aromatic heterocycles. The number of carbonyl (C=O) groups is 1. The third kappa shape index (κ3) is 1.85. The number of hydrogen-bond acceptors (Lipinski definition) is 1. The number of fused-ring (bicyclic) bond motifs is 2. The molecule has 0 fully saturated rings. The molecular formula is C18H15NO2. The van der Waals surface area contributed by atoms with Crippen LogP contribution in [0.1, 0.15) is 27.4 Å². The molecule has 0 radical (unpaired) electrons. The van der Waals surface area contributed by atoms with E-state index in [1.807, 2.05) is 24.3 Å². The molecule has 3 nitrogen and oxygen atoms in total. The fourth-order valence-corrected chi connectivity index (χ4v) is 3.33. The van der Waals surface area contributed by atoms with E-state index in [4.69, 9.17) is 0 Å². The summed E-state index contributed by atoms with van der Waals surface area (Å²) in [6, 6.07) is 16.2. The molecule has 104 valence electrons. The van der Waals surface area contributed by atoms with Gasteiger partial charge in [0.15, 0.2) is 0 Å². The van der Waals surface area contributed by atoms with Gasteiger partial charge in [0.2, 0.25) is 0 Å². The van der Waals surface area contributed by atoms with Gasteiger partial charge in [0.1, 0.15) is 0 Å². The van der Waals surface area contributed by atoms with Crippen molar-refractivity contribution in [2.75, 3.05) is 0 Å². The van der Waals surface area contributed by atoms with Crippen LogP contribution in [0.4, 0.5) is 0 Å². The van der Waals surface area contributed by atoms with Crippen molar-refractivity contribution in [3.63, 3.8) is 0 Å². The molecule has 21 heavy (non-hydrogen) atoms. The molecule has 3 aromatic rings. The molecule has 0 spiro atoms. The summed E-state index contributed by atoms with van der Waals surface area (Å²) in [5.74, 6) is -0.377. The minimum Gasteiger partial charge on any atom is -0.478 e. The first-order valence-corrected chi connectivity index (χ1v) is 7.13. The molecular weight excluding hydrogens is 262 g/mol. The van der Waals surface area contributed by atoms with E-state index in [0.717, 1.165) is 23.9 Å². The van der Waals surface area contributed by atoms with Crippen LogP contribution in [0.3, 0.4) is 0 Å². The molecule has 1 N–H and O–H groups in total. The van der Waals surface area contributed by atoms with E-state index in [2.05, 4.69) is 28.8 Å². The van der Waals surface area contributed by atoms with E-state index >= 15 is 0 Å². The summed E-state index contributed by atoms with van der Waals surface area (Å²) in [6.07, 6.45) is 2.85. The van der Waals surface area contributed by atoms with Crippen LogP contribution in [0.2, 0.25) is 0 Å². The number of aromatic nitrogens is 1. The summed E-state index contributed by atoms with van der Waals surface area (Å²) in [7, 11) is 0. The van der Waals surface area contributed by atoms with E-state index in [9.17, 15) is 9.90 Å². The third-order valence-electron chi connectivity index (χ3n) is 4.40. The lowest BCUT2D eigenvalue weighted by Crippen LogP contribution is -2.21. The highest BCUT2D eigenvalue weighted by Gasteiger charge is 2.26. The lowest BCUT2D eigenvalue weighted by molar-refractivity contribution is 0.0698. The number of benzene rings is 2. The van der Waals surface area contributed by atoms with Gasteiger partial charge in [-0.15, -0.1) is 0 Å². The first kappa shape index (κ1) is 12.2. The number of aromatic carboxylic acids is 1. The van der Waals surface area contributed by atoms with Crippen LogP contribution in [-0.2, 0) is 13.0 Å². The molecule has 0 saturated heterocycles. The lowest BCUT2D eigenvalue weighted by atomic mass is 9.77. The van der Waals surface area contributed by atoms with Crippen molar-refractivity contribution in [1.82, 2.24) is 4.57 Å². The van der Waals surface area contributed by atoms with Gasteiger partial charge in [-0.3, -0.25) is 0 Å². The van der Waals surface area contributed by atoms with E-state index in [1.54, 1.807) is 6.20 Å². The van der Waals surface area contributed by atoms with Gasteiger partial charge >= 0.3 is 5.97 Å². The Morgan fingerprint density at radius 1 is 1.14 bits per heavy atom. The van der Waals surface area contributed by atoms with Gasteiger partial charge in [-0.2, -0.15) is 0 Å². The fraction of sp³-hybridized carbons (Fsp3) is 0.167. The van der Waals surface area contributed by atoms with Gasteiger partial charge < -0.3 is 9.67 Å². The maximum atomic E-state index is 11.4. The third-order valence-corrected chi connectivity index (χ3v) is 4.40.